The molecule has 156 valence electrons. The molecule has 0 saturated heterocycles. The van der Waals surface area contributed by atoms with E-state index in [1.165, 1.54) is 12.1 Å². The van der Waals surface area contributed by atoms with Gasteiger partial charge in [0.1, 0.15) is 22.0 Å². The number of ether oxygens (including phenoxy) is 2. The lowest BCUT2D eigenvalue weighted by Gasteiger charge is -2.08. The molecule has 8 nitrogen and oxygen atoms in total. The van der Waals surface area contributed by atoms with Gasteiger partial charge in [-0.2, -0.15) is 5.10 Å². The van der Waals surface area contributed by atoms with Gasteiger partial charge in [0.25, 0.3) is 0 Å². The molecule has 0 radical (unpaired) electrons. The molecule has 0 aliphatic rings. The van der Waals surface area contributed by atoms with Crippen molar-refractivity contribution in [1.29, 1.82) is 0 Å². The third-order valence-corrected chi connectivity index (χ3v) is 5.40. The van der Waals surface area contributed by atoms with Crippen LogP contribution in [0.2, 0.25) is 0 Å². The Labute approximate surface area is 171 Å². The van der Waals surface area contributed by atoms with Gasteiger partial charge in [0.2, 0.25) is 0 Å². The highest BCUT2D eigenvalue weighted by atomic mass is 32.2. The number of esters is 2. The van der Waals surface area contributed by atoms with E-state index in [-0.39, 0.29) is 22.5 Å². The molecular formula is C20H17FN2O6S. The first-order chi connectivity index (χ1) is 14.2. The highest BCUT2D eigenvalue weighted by molar-refractivity contribution is 7.90. The van der Waals surface area contributed by atoms with Crippen LogP contribution in [-0.4, -0.2) is 50.6 Å². The number of hydrogen-bond donors (Lipinski definition) is 0. The minimum Gasteiger partial charge on any atom is -0.465 e. The predicted octanol–water partition coefficient (Wildman–Crippen LogP) is 2.66. The van der Waals surface area contributed by atoms with Crippen LogP contribution in [0.3, 0.4) is 0 Å². The van der Waals surface area contributed by atoms with Crippen LogP contribution in [0.4, 0.5) is 4.39 Å². The van der Waals surface area contributed by atoms with Gasteiger partial charge >= 0.3 is 11.9 Å². The molecule has 0 bridgehead atoms. The van der Waals surface area contributed by atoms with Crippen molar-refractivity contribution in [1.82, 2.24) is 9.78 Å². The molecule has 3 rings (SSSR count). The third kappa shape index (κ3) is 3.69. The number of hydrogen-bond acceptors (Lipinski definition) is 7. The van der Waals surface area contributed by atoms with Crippen LogP contribution in [0, 0.1) is 5.82 Å². The monoisotopic (exact) mass is 432 g/mol. The number of para-hydroxylation sites is 1. The van der Waals surface area contributed by atoms with E-state index < -0.39 is 32.5 Å². The van der Waals surface area contributed by atoms with Gasteiger partial charge in [-0.1, -0.05) is 30.3 Å². The number of aromatic nitrogens is 2. The molecule has 0 saturated carbocycles. The molecular weight excluding hydrogens is 415 g/mol. The molecule has 0 aliphatic heterocycles. The molecule has 2 aromatic carbocycles. The number of benzene rings is 2. The summed E-state index contributed by atoms with van der Waals surface area (Å²) in [5, 5.41) is 4.29. The average Bonchev–Trinajstić information content (AvgIpc) is 3.12. The molecule has 0 N–H and O–H groups in total. The molecule has 3 aromatic rings. The molecule has 1 heterocycles. The fourth-order valence-electron chi connectivity index (χ4n) is 3.02. The fraction of sp³-hybridized carbons (Fsp3) is 0.150. The molecule has 0 atom stereocenters. The number of rotatable bonds is 5. The molecule has 0 spiro atoms. The number of halogens is 1. The Morgan fingerprint density at radius 2 is 1.60 bits per heavy atom. The predicted molar refractivity (Wildman–Crippen MR) is 105 cm³/mol. The van der Waals surface area contributed by atoms with E-state index in [4.69, 9.17) is 9.47 Å². The highest BCUT2D eigenvalue weighted by Crippen LogP contribution is 2.34. The summed E-state index contributed by atoms with van der Waals surface area (Å²) >= 11 is 0. The maximum atomic E-state index is 14.5. The summed E-state index contributed by atoms with van der Waals surface area (Å²) in [5.41, 5.74) is -0.645. The molecule has 0 aliphatic carbocycles. The Bertz CT molecular complexity index is 1240. The summed E-state index contributed by atoms with van der Waals surface area (Å²) in [6.07, 6.45) is 0.835. The number of sulfone groups is 1. The normalized spacial score (nSPS) is 11.2. The van der Waals surface area contributed by atoms with Crippen LogP contribution in [-0.2, 0) is 19.3 Å². The van der Waals surface area contributed by atoms with Crippen molar-refractivity contribution in [2.24, 2.45) is 0 Å². The quantitative estimate of drug-likeness (QED) is 0.571. The van der Waals surface area contributed by atoms with E-state index in [9.17, 15) is 22.4 Å². The van der Waals surface area contributed by atoms with E-state index in [2.05, 4.69) is 5.10 Å². The van der Waals surface area contributed by atoms with Crippen molar-refractivity contribution in [3.8, 4) is 16.9 Å². The Hall–Kier alpha value is -3.53. The van der Waals surface area contributed by atoms with Crippen LogP contribution in [0.1, 0.15) is 20.8 Å². The van der Waals surface area contributed by atoms with E-state index in [0.717, 1.165) is 31.2 Å². The molecule has 0 fully saturated rings. The van der Waals surface area contributed by atoms with Crippen LogP contribution in [0.5, 0.6) is 0 Å². The van der Waals surface area contributed by atoms with Crippen molar-refractivity contribution >= 4 is 21.8 Å². The lowest BCUT2D eigenvalue weighted by molar-refractivity contribution is 0.0549. The maximum Gasteiger partial charge on any atom is 0.357 e. The summed E-state index contributed by atoms with van der Waals surface area (Å²) < 4.78 is 49.7. The molecule has 0 unspecified atom stereocenters. The fourth-order valence-corrected chi connectivity index (χ4v) is 4.00. The van der Waals surface area contributed by atoms with Crippen molar-refractivity contribution in [2.45, 2.75) is 4.90 Å². The van der Waals surface area contributed by atoms with Gasteiger partial charge in [-0.25, -0.2) is 27.1 Å². The van der Waals surface area contributed by atoms with E-state index in [1.807, 2.05) is 0 Å². The summed E-state index contributed by atoms with van der Waals surface area (Å²) in [6, 6.07) is 11.9. The van der Waals surface area contributed by atoms with Gasteiger partial charge in [-0.3, -0.25) is 0 Å². The van der Waals surface area contributed by atoms with Crippen LogP contribution in [0.15, 0.2) is 53.4 Å². The van der Waals surface area contributed by atoms with Gasteiger partial charge in [0.05, 0.1) is 19.9 Å². The van der Waals surface area contributed by atoms with Crippen molar-refractivity contribution < 1.29 is 31.9 Å². The summed E-state index contributed by atoms with van der Waals surface area (Å²) in [4.78, 5) is 24.5. The third-order valence-electron chi connectivity index (χ3n) is 4.25. The smallest absolute Gasteiger partial charge is 0.357 e. The lowest BCUT2D eigenvalue weighted by atomic mass is 10.1. The number of carbonyl (C=O) groups is 2. The van der Waals surface area contributed by atoms with Crippen LogP contribution >= 0.6 is 0 Å². The second-order valence-electron chi connectivity index (χ2n) is 6.19. The summed E-state index contributed by atoms with van der Waals surface area (Å²) in [5.74, 6) is -2.88. The lowest BCUT2D eigenvalue weighted by Crippen LogP contribution is -2.15. The van der Waals surface area contributed by atoms with Gasteiger partial charge in [-0.05, 0) is 18.2 Å². The van der Waals surface area contributed by atoms with Gasteiger partial charge in [0.15, 0.2) is 15.5 Å². The SMILES string of the molecule is COC(=O)c1c(-c2cccc(F)c2S(C)(=O)=O)nn(-c2ccccc2)c1C(=O)OC. The highest BCUT2D eigenvalue weighted by Gasteiger charge is 2.33. The second-order valence-corrected chi connectivity index (χ2v) is 8.14. The Morgan fingerprint density at radius 3 is 2.17 bits per heavy atom. The largest absolute Gasteiger partial charge is 0.465 e. The minimum absolute atomic E-state index is 0.183. The Kier molecular flexibility index (Phi) is 5.70. The minimum atomic E-state index is -4.05. The number of carbonyl (C=O) groups excluding carboxylic acids is 2. The Balaban J connectivity index is 2.49. The first kappa shape index (κ1) is 21.2. The van der Waals surface area contributed by atoms with Crippen molar-refractivity contribution in [3.05, 3.63) is 65.6 Å². The van der Waals surface area contributed by atoms with Gasteiger partial charge in [0, 0.05) is 11.8 Å². The molecule has 0 amide bonds. The first-order valence-corrected chi connectivity index (χ1v) is 10.4. The zero-order valence-electron chi connectivity index (χ0n) is 16.2. The zero-order valence-corrected chi connectivity index (χ0v) is 17.1. The average molecular weight is 432 g/mol. The summed E-state index contributed by atoms with van der Waals surface area (Å²) in [7, 11) is -1.83. The summed E-state index contributed by atoms with van der Waals surface area (Å²) in [6.45, 7) is 0. The van der Waals surface area contributed by atoms with E-state index >= 15 is 0 Å². The van der Waals surface area contributed by atoms with E-state index in [1.54, 1.807) is 30.3 Å². The number of methoxy groups -OCH3 is 2. The van der Waals surface area contributed by atoms with Crippen molar-refractivity contribution in [3.63, 3.8) is 0 Å². The van der Waals surface area contributed by atoms with E-state index in [0.29, 0.717) is 5.69 Å². The molecule has 1 aromatic heterocycles. The van der Waals surface area contributed by atoms with Gasteiger partial charge < -0.3 is 9.47 Å². The molecule has 30 heavy (non-hydrogen) atoms. The number of nitrogens with zero attached hydrogens (tertiary/aromatic N) is 2. The van der Waals surface area contributed by atoms with Crippen LogP contribution in [0.25, 0.3) is 16.9 Å². The zero-order chi connectivity index (χ0) is 22.1. The topological polar surface area (TPSA) is 105 Å². The second kappa shape index (κ2) is 8.07. The molecule has 10 heteroatoms. The standard InChI is InChI=1S/C20H17FN2O6S/c1-28-19(24)15-16(13-10-7-11-14(21)18(13)30(3,26)27)22-23(17(15)20(25)29-2)12-8-5-4-6-9-12/h4-11H,1-3H3. The van der Waals surface area contributed by atoms with Crippen LogP contribution < -0.4 is 0 Å². The maximum absolute atomic E-state index is 14.5. The van der Waals surface area contributed by atoms with Gasteiger partial charge in [-0.15, -0.1) is 0 Å². The van der Waals surface area contributed by atoms with Crippen molar-refractivity contribution in [2.75, 3.05) is 20.5 Å². The Morgan fingerprint density at radius 1 is 0.967 bits per heavy atom. The first-order valence-electron chi connectivity index (χ1n) is 8.54.